The van der Waals surface area contributed by atoms with E-state index in [1.54, 1.807) is 31.3 Å². The SMILES string of the molecule is CN(C(=O)c1ccccc1)C1COCC1C(=O)O. The number of hydrogen-bond donors (Lipinski definition) is 1. The van der Waals surface area contributed by atoms with Crippen LogP contribution in [0.15, 0.2) is 30.3 Å². The zero-order valence-corrected chi connectivity index (χ0v) is 10.1. The summed E-state index contributed by atoms with van der Waals surface area (Å²) in [5.41, 5.74) is 0.552. The van der Waals surface area contributed by atoms with E-state index in [0.717, 1.165) is 0 Å². The Hall–Kier alpha value is -1.88. The summed E-state index contributed by atoms with van der Waals surface area (Å²) in [5, 5.41) is 9.07. The fourth-order valence-electron chi connectivity index (χ4n) is 2.10. The molecule has 0 spiro atoms. The summed E-state index contributed by atoms with van der Waals surface area (Å²) < 4.78 is 5.16. The normalized spacial score (nSPS) is 22.7. The van der Waals surface area contributed by atoms with E-state index < -0.39 is 17.9 Å². The first-order valence-electron chi connectivity index (χ1n) is 5.74. The van der Waals surface area contributed by atoms with Gasteiger partial charge in [0.05, 0.1) is 19.3 Å². The van der Waals surface area contributed by atoms with E-state index in [4.69, 9.17) is 9.84 Å². The molecule has 1 saturated heterocycles. The maximum absolute atomic E-state index is 12.2. The van der Waals surface area contributed by atoms with E-state index in [0.29, 0.717) is 5.56 Å². The quantitative estimate of drug-likeness (QED) is 0.862. The molecule has 0 aromatic heterocycles. The number of ether oxygens (including phenoxy) is 1. The summed E-state index contributed by atoms with van der Waals surface area (Å²) in [7, 11) is 1.62. The van der Waals surface area contributed by atoms with Crippen molar-refractivity contribution >= 4 is 11.9 Å². The fraction of sp³-hybridized carbons (Fsp3) is 0.385. The topological polar surface area (TPSA) is 66.8 Å². The molecule has 1 fully saturated rings. The van der Waals surface area contributed by atoms with Gasteiger partial charge in [-0.1, -0.05) is 18.2 Å². The Morgan fingerprint density at radius 2 is 1.94 bits per heavy atom. The number of hydrogen-bond acceptors (Lipinski definition) is 3. The lowest BCUT2D eigenvalue weighted by atomic mass is 10.0. The molecule has 1 aliphatic heterocycles. The minimum Gasteiger partial charge on any atom is -0.481 e. The molecule has 5 nitrogen and oxygen atoms in total. The second kappa shape index (κ2) is 5.18. The van der Waals surface area contributed by atoms with Crippen molar-refractivity contribution in [3.8, 4) is 0 Å². The van der Waals surface area contributed by atoms with E-state index in [-0.39, 0.29) is 19.1 Å². The number of benzene rings is 1. The molecule has 18 heavy (non-hydrogen) atoms. The van der Waals surface area contributed by atoms with Crippen LogP contribution in [0.3, 0.4) is 0 Å². The summed E-state index contributed by atoms with van der Waals surface area (Å²) >= 11 is 0. The molecule has 1 N–H and O–H groups in total. The van der Waals surface area contributed by atoms with Crippen molar-refractivity contribution in [2.75, 3.05) is 20.3 Å². The number of carboxylic acid groups (broad SMARTS) is 1. The second-order valence-electron chi connectivity index (χ2n) is 4.33. The lowest BCUT2D eigenvalue weighted by Gasteiger charge is -2.26. The molecule has 0 radical (unpaired) electrons. The highest BCUT2D eigenvalue weighted by atomic mass is 16.5. The van der Waals surface area contributed by atoms with Gasteiger partial charge in [0.25, 0.3) is 5.91 Å². The Balaban J connectivity index is 2.14. The highest BCUT2D eigenvalue weighted by Gasteiger charge is 2.38. The van der Waals surface area contributed by atoms with Gasteiger partial charge in [-0.05, 0) is 12.1 Å². The van der Waals surface area contributed by atoms with Gasteiger partial charge in [-0.15, -0.1) is 0 Å². The molecule has 0 aliphatic carbocycles. The maximum Gasteiger partial charge on any atom is 0.311 e. The van der Waals surface area contributed by atoms with Gasteiger partial charge in [0.15, 0.2) is 0 Å². The number of carboxylic acids is 1. The molecule has 1 aromatic rings. The van der Waals surface area contributed by atoms with Crippen molar-refractivity contribution in [3.05, 3.63) is 35.9 Å². The summed E-state index contributed by atoms with van der Waals surface area (Å²) in [5.74, 6) is -1.76. The minimum absolute atomic E-state index is 0.159. The first-order valence-corrected chi connectivity index (χ1v) is 5.74. The standard InChI is InChI=1S/C13H15NO4/c1-14(11-8-18-7-10(11)13(16)17)12(15)9-5-3-2-4-6-9/h2-6,10-11H,7-8H2,1H3,(H,16,17). The van der Waals surface area contributed by atoms with Gasteiger partial charge in [-0.25, -0.2) is 0 Å². The molecular weight excluding hydrogens is 234 g/mol. The van der Waals surface area contributed by atoms with Crippen molar-refractivity contribution in [1.29, 1.82) is 0 Å². The molecule has 2 atom stereocenters. The lowest BCUT2D eigenvalue weighted by molar-refractivity contribution is -0.142. The van der Waals surface area contributed by atoms with E-state index in [2.05, 4.69) is 0 Å². The molecule has 0 saturated carbocycles. The van der Waals surface area contributed by atoms with E-state index >= 15 is 0 Å². The number of nitrogens with zero attached hydrogens (tertiary/aromatic N) is 1. The first kappa shape index (κ1) is 12.6. The monoisotopic (exact) mass is 249 g/mol. The average Bonchev–Trinajstić information content (AvgIpc) is 2.87. The van der Waals surface area contributed by atoms with Crippen LogP contribution in [0.5, 0.6) is 0 Å². The number of likely N-dealkylation sites (N-methyl/N-ethyl adjacent to an activating group) is 1. The van der Waals surface area contributed by atoms with Crippen LogP contribution < -0.4 is 0 Å². The van der Waals surface area contributed by atoms with Crippen LogP contribution in [-0.4, -0.2) is 48.2 Å². The van der Waals surface area contributed by atoms with Gasteiger partial charge in [0.1, 0.15) is 5.92 Å². The zero-order valence-electron chi connectivity index (χ0n) is 10.1. The van der Waals surface area contributed by atoms with Crippen LogP contribution in [-0.2, 0) is 9.53 Å². The maximum atomic E-state index is 12.2. The Labute approximate surface area is 105 Å². The molecule has 0 bridgehead atoms. The summed E-state index contributed by atoms with van der Waals surface area (Å²) in [4.78, 5) is 24.7. The molecule has 1 aliphatic rings. The largest absolute Gasteiger partial charge is 0.481 e. The molecule has 2 rings (SSSR count). The van der Waals surface area contributed by atoms with Crippen molar-refractivity contribution in [2.24, 2.45) is 5.92 Å². The van der Waals surface area contributed by atoms with Gasteiger partial charge in [-0.2, -0.15) is 0 Å². The third-order valence-electron chi connectivity index (χ3n) is 3.21. The van der Waals surface area contributed by atoms with Gasteiger partial charge in [0.2, 0.25) is 0 Å². The lowest BCUT2D eigenvalue weighted by Crippen LogP contribution is -2.44. The van der Waals surface area contributed by atoms with E-state index in [1.165, 1.54) is 4.90 Å². The highest BCUT2D eigenvalue weighted by molar-refractivity contribution is 5.94. The number of rotatable bonds is 3. The third kappa shape index (κ3) is 2.36. The van der Waals surface area contributed by atoms with E-state index in [9.17, 15) is 9.59 Å². The fourth-order valence-corrected chi connectivity index (χ4v) is 2.10. The van der Waals surface area contributed by atoms with Crippen molar-refractivity contribution in [2.45, 2.75) is 6.04 Å². The summed E-state index contributed by atoms with van der Waals surface area (Å²) in [6.45, 7) is 0.429. The molecule has 1 heterocycles. The zero-order chi connectivity index (χ0) is 13.1. The summed E-state index contributed by atoms with van der Waals surface area (Å²) in [6.07, 6.45) is 0. The molecule has 2 unspecified atom stereocenters. The molecule has 5 heteroatoms. The van der Waals surface area contributed by atoms with Gasteiger partial charge in [-0.3, -0.25) is 9.59 Å². The van der Waals surface area contributed by atoms with Crippen molar-refractivity contribution in [1.82, 2.24) is 4.90 Å². The van der Waals surface area contributed by atoms with Gasteiger partial charge >= 0.3 is 5.97 Å². The summed E-state index contributed by atoms with van der Waals surface area (Å²) in [6, 6.07) is 8.40. The van der Waals surface area contributed by atoms with E-state index in [1.807, 2.05) is 6.07 Å². The molecular formula is C13H15NO4. The molecule has 96 valence electrons. The predicted molar refractivity (Wildman–Crippen MR) is 64.3 cm³/mol. The average molecular weight is 249 g/mol. The molecule has 1 amide bonds. The predicted octanol–water partition coefficient (Wildman–Crippen LogP) is 0.858. The number of carbonyl (C=O) groups is 2. The molecule has 1 aromatic carbocycles. The van der Waals surface area contributed by atoms with Crippen LogP contribution in [0.2, 0.25) is 0 Å². The van der Waals surface area contributed by atoms with Gasteiger partial charge < -0.3 is 14.7 Å². The Morgan fingerprint density at radius 1 is 1.28 bits per heavy atom. The minimum atomic E-state index is -0.926. The number of aliphatic carboxylic acids is 1. The van der Waals surface area contributed by atoms with Crippen molar-refractivity contribution in [3.63, 3.8) is 0 Å². The number of amides is 1. The smallest absolute Gasteiger partial charge is 0.311 e. The third-order valence-corrected chi connectivity index (χ3v) is 3.21. The van der Waals surface area contributed by atoms with Gasteiger partial charge in [0, 0.05) is 12.6 Å². The first-order chi connectivity index (χ1) is 8.61. The Morgan fingerprint density at radius 3 is 2.56 bits per heavy atom. The Bertz CT molecular complexity index is 446. The van der Waals surface area contributed by atoms with Crippen LogP contribution in [0.25, 0.3) is 0 Å². The highest BCUT2D eigenvalue weighted by Crippen LogP contribution is 2.20. The van der Waals surface area contributed by atoms with Crippen LogP contribution in [0, 0.1) is 5.92 Å². The second-order valence-corrected chi connectivity index (χ2v) is 4.33. The number of carbonyl (C=O) groups excluding carboxylic acids is 1. The van der Waals surface area contributed by atoms with Crippen LogP contribution in [0.1, 0.15) is 10.4 Å². The van der Waals surface area contributed by atoms with Crippen molar-refractivity contribution < 1.29 is 19.4 Å². The van der Waals surface area contributed by atoms with Crippen LogP contribution >= 0.6 is 0 Å². The Kier molecular flexibility index (Phi) is 3.62. The van der Waals surface area contributed by atoms with Crippen LogP contribution in [0.4, 0.5) is 0 Å².